The van der Waals surface area contributed by atoms with E-state index in [2.05, 4.69) is 0 Å². The summed E-state index contributed by atoms with van der Waals surface area (Å²) in [6.45, 7) is 4.45. The van der Waals surface area contributed by atoms with E-state index in [0.29, 0.717) is 12.2 Å². The van der Waals surface area contributed by atoms with Gasteiger partial charge in [0.25, 0.3) is 0 Å². The number of rotatable bonds is 2. The van der Waals surface area contributed by atoms with Crippen molar-refractivity contribution in [3.05, 3.63) is 0 Å². The molecule has 1 heterocycles. The van der Waals surface area contributed by atoms with Gasteiger partial charge in [-0.1, -0.05) is 0 Å². The molecule has 1 amide bonds. The lowest BCUT2D eigenvalue weighted by Gasteiger charge is -2.38. The second kappa shape index (κ2) is 5.72. The zero-order valence-electron chi connectivity index (χ0n) is 11.4. The van der Waals surface area contributed by atoms with Crippen molar-refractivity contribution in [1.29, 1.82) is 0 Å². The van der Waals surface area contributed by atoms with Crippen LogP contribution < -0.4 is 0 Å². The number of ether oxygens (including phenoxy) is 1. The average Bonchev–Trinajstić information content (AvgIpc) is 2.74. The Morgan fingerprint density at radius 1 is 1.28 bits per heavy atom. The van der Waals surface area contributed by atoms with Crippen LogP contribution in [0.25, 0.3) is 0 Å². The molecule has 18 heavy (non-hydrogen) atoms. The standard InChI is InChI=1S/C14H23NO3/c1-10(2)18-14(17)15-9-4-3-7-12(15)11-6-5-8-13(11)16/h10-12H,3-9H2,1-2H3. The van der Waals surface area contributed by atoms with Crippen LogP contribution in [0.15, 0.2) is 0 Å². The Morgan fingerprint density at radius 2 is 2.06 bits per heavy atom. The Balaban J connectivity index is 2.05. The molecule has 0 bridgehead atoms. The van der Waals surface area contributed by atoms with Crippen molar-refractivity contribution in [2.45, 2.75) is 64.5 Å². The minimum Gasteiger partial charge on any atom is -0.447 e. The molecule has 2 unspecified atom stereocenters. The molecule has 2 fully saturated rings. The highest BCUT2D eigenvalue weighted by Gasteiger charge is 2.39. The van der Waals surface area contributed by atoms with Gasteiger partial charge in [0.05, 0.1) is 6.10 Å². The zero-order valence-corrected chi connectivity index (χ0v) is 11.4. The maximum Gasteiger partial charge on any atom is 0.410 e. The quantitative estimate of drug-likeness (QED) is 0.760. The number of nitrogens with zero attached hydrogens (tertiary/aromatic N) is 1. The predicted molar refractivity (Wildman–Crippen MR) is 68.3 cm³/mol. The van der Waals surface area contributed by atoms with Crippen molar-refractivity contribution in [1.82, 2.24) is 4.90 Å². The lowest BCUT2D eigenvalue weighted by atomic mass is 9.89. The highest BCUT2D eigenvalue weighted by Crippen LogP contribution is 2.33. The third kappa shape index (κ3) is 2.85. The summed E-state index contributed by atoms with van der Waals surface area (Å²) in [7, 11) is 0. The largest absolute Gasteiger partial charge is 0.447 e. The van der Waals surface area contributed by atoms with E-state index in [0.717, 1.165) is 38.6 Å². The topological polar surface area (TPSA) is 46.6 Å². The number of ketones is 1. The van der Waals surface area contributed by atoms with Crippen molar-refractivity contribution in [3.63, 3.8) is 0 Å². The Morgan fingerprint density at radius 3 is 2.67 bits per heavy atom. The van der Waals surface area contributed by atoms with Crippen LogP contribution in [0.1, 0.15) is 52.4 Å². The lowest BCUT2D eigenvalue weighted by Crippen LogP contribution is -2.49. The Hall–Kier alpha value is -1.06. The number of likely N-dealkylation sites (tertiary alicyclic amines) is 1. The van der Waals surface area contributed by atoms with Gasteiger partial charge in [-0.2, -0.15) is 0 Å². The smallest absolute Gasteiger partial charge is 0.410 e. The van der Waals surface area contributed by atoms with E-state index < -0.39 is 0 Å². The fourth-order valence-corrected chi connectivity index (χ4v) is 3.12. The molecule has 102 valence electrons. The summed E-state index contributed by atoms with van der Waals surface area (Å²) >= 11 is 0. The van der Waals surface area contributed by atoms with E-state index in [4.69, 9.17) is 4.74 Å². The number of amides is 1. The summed E-state index contributed by atoms with van der Waals surface area (Å²) in [5.74, 6) is 0.397. The number of Topliss-reactive ketones (excluding diaryl/α,β-unsaturated/α-hetero) is 1. The Bertz CT molecular complexity index is 327. The fraction of sp³-hybridized carbons (Fsp3) is 0.857. The van der Waals surface area contributed by atoms with Gasteiger partial charge in [0, 0.05) is 24.9 Å². The molecule has 1 saturated heterocycles. The van der Waals surface area contributed by atoms with Crippen molar-refractivity contribution in [2.75, 3.05) is 6.54 Å². The highest BCUT2D eigenvalue weighted by molar-refractivity contribution is 5.84. The molecule has 1 saturated carbocycles. The monoisotopic (exact) mass is 253 g/mol. The summed E-state index contributed by atoms with van der Waals surface area (Å²) in [5, 5.41) is 0. The summed E-state index contributed by atoms with van der Waals surface area (Å²) in [4.78, 5) is 25.8. The molecule has 0 N–H and O–H groups in total. The van der Waals surface area contributed by atoms with Gasteiger partial charge in [-0.3, -0.25) is 4.79 Å². The minimum absolute atomic E-state index is 0.0602. The molecule has 2 aliphatic rings. The van der Waals surface area contributed by atoms with Crippen molar-refractivity contribution >= 4 is 11.9 Å². The first kappa shape index (κ1) is 13.4. The van der Waals surface area contributed by atoms with E-state index >= 15 is 0 Å². The summed E-state index contributed by atoms with van der Waals surface area (Å²) in [5.41, 5.74) is 0. The van der Waals surface area contributed by atoms with Crippen LogP contribution in [0.5, 0.6) is 0 Å². The van der Waals surface area contributed by atoms with E-state index in [1.165, 1.54) is 0 Å². The van der Waals surface area contributed by atoms with Gasteiger partial charge >= 0.3 is 6.09 Å². The minimum atomic E-state index is -0.241. The summed E-state index contributed by atoms with van der Waals surface area (Å²) in [6, 6.07) is 0.0833. The summed E-state index contributed by atoms with van der Waals surface area (Å²) in [6.07, 6.45) is 5.35. The van der Waals surface area contributed by atoms with Crippen LogP contribution in [-0.2, 0) is 9.53 Å². The SMILES string of the molecule is CC(C)OC(=O)N1CCCCC1C1CCCC1=O. The molecule has 4 nitrogen and oxygen atoms in total. The first-order valence-corrected chi connectivity index (χ1v) is 7.09. The van der Waals surface area contributed by atoms with Crippen LogP contribution in [0.2, 0.25) is 0 Å². The molecule has 4 heteroatoms. The van der Waals surface area contributed by atoms with Gasteiger partial charge in [-0.05, 0) is 46.0 Å². The van der Waals surface area contributed by atoms with Crippen LogP contribution in [0.4, 0.5) is 4.79 Å². The number of piperidine rings is 1. The molecule has 2 atom stereocenters. The van der Waals surface area contributed by atoms with E-state index in [-0.39, 0.29) is 24.2 Å². The maximum absolute atomic E-state index is 12.1. The third-order valence-electron chi connectivity index (χ3n) is 3.94. The second-order valence-electron chi connectivity index (χ2n) is 5.65. The molecular formula is C14H23NO3. The number of hydrogen-bond acceptors (Lipinski definition) is 3. The van der Waals surface area contributed by atoms with Gasteiger partial charge in [0.1, 0.15) is 5.78 Å². The van der Waals surface area contributed by atoms with E-state index in [1.54, 1.807) is 4.90 Å². The van der Waals surface area contributed by atoms with Gasteiger partial charge in [-0.25, -0.2) is 4.79 Å². The zero-order chi connectivity index (χ0) is 13.1. The maximum atomic E-state index is 12.1. The normalized spacial score (nSPS) is 28.8. The van der Waals surface area contributed by atoms with Crippen LogP contribution in [0, 0.1) is 5.92 Å². The molecule has 0 aromatic carbocycles. The fourth-order valence-electron chi connectivity index (χ4n) is 3.12. The van der Waals surface area contributed by atoms with Gasteiger partial charge in [-0.15, -0.1) is 0 Å². The van der Waals surface area contributed by atoms with E-state index in [9.17, 15) is 9.59 Å². The van der Waals surface area contributed by atoms with Crippen LogP contribution >= 0.6 is 0 Å². The predicted octanol–water partition coefficient (Wildman–Crippen LogP) is 2.76. The molecule has 0 aromatic heterocycles. The van der Waals surface area contributed by atoms with Gasteiger partial charge in [0.15, 0.2) is 0 Å². The van der Waals surface area contributed by atoms with Crippen molar-refractivity contribution < 1.29 is 14.3 Å². The van der Waals surface area contributed by atoms with Crippen LogP contribution in [0.3, 0.4) is 0 Å². The Kier molecular flexibility index (Phi) is 4.25. The lowest BCUT2D eigenvalue weighted by molar-refractivity contribution is -0.122. The number of hydrogen-bond donors (Lipinski definition) is 0. The molecule has 0 aromatic rings. The molecule has 0 spiro atoms. The van der Waals surface area contributed by atoms with Gasteiger partial charge in [0.2, 0.25) is 0 Å². The van der Waals surface area contributed by atoms with Gasteiger partial charge < -0.3 is 9.64 Å². The summed E-state index contributed by atoms with van der Waals surface area (Å²) < 4.78 is 5.29. The second-order valence-corrected chi connectivity index (χ2v) is 5.65. The molecule has 2 rings (SSSR count). The highest BCUT2D eigenvalue weighted by atomic mass is 16.6. The average molecular weight is 253 g/mol. The molecule has 1 aliphatic carbocycles. The number of carbonyl (C=O) groups is 2. The third-order valence-corrected chi connectivity index (χ3v) is 3.94. The van der Waals surface area contributed by atoms with Crippen molar-refractivity contribution in [3.8, 4) is 0 Å². The first-order chi connectivity index (χ1) is 8.59. The Labute approximate surface area is 109 Å². The van der Waals surface area contributed by atoms with Crippen molar-refractivity contribution in [2.24, 2.45) is 5.92 Å². The number of carbonyl (C=O) groups excluding carboxylic acids is 2. The molecular weight excluding hydrogens is 230 g/mol. The molecule has 0 radical (unpaired) electrons. The van der Waals surface area contributed by atoms with E-state index in [1.807, 2.05) is 13.8 Å². The first-order valence-electron chi connectivity index (χ1n) is 7.09. The molecule has 1 aliphatic heterocycles. The van der Waals surface area contributed by atoms with Crippen LogP contribution in [-0.4, -0.2) is 35.5 Å².